The summed E-state index contributed by atoms with van der Waals surface area (Å²) in [5.41, 5.74) is 3.06. The maximum atomic E-state index is 12.8. The molecule has 0 aliphatic carbocycles. The Bertz CT molecular complexity index is 889. The van der Waals surface area contributed by atoms with Crippen molar-refractivity contribution in [1.82, 2.24) is 5.32 Å². The Morgan fingerprint density at radius 1 is 1.03 bits per heavy atom. The van der Waals surface area contributed by atoms with Gasteiger partial charge in [0.15, 0.2) is 0 Å². The summed E-state index contributed by atoms with van der Waals surface area (Å²) in [5, 5.41) is 3.05. The highest BCUT2D eigenvalue weighted by atomic mass is 16.5. The van der Waals surface area contributed by atoms with E-state index in [0.717, 1.165) is 30.1 Å². The third-order valence-electron chi connectivity index (χ3n) is 6.10. The van der Waals surface area contributed by atoms with Gasteiger partial charge in [0.25, 0.3) is 0 Å². The Kier molecular flexibility index (Phi) is 5.93. The zero-order chi connectivity index (χ0) is 21.1. The van der Waals surface area contributed by atoms with Crippen LogP contribution in [-0.4, -0.2) is 38.6 Å². The van der Waals surface area contributed by atoms with Crippen molar-refractivity contribution in [2.45, 2.75) is 32.2 Å². The number of rotatable bonds is 6. The van der Waals surface area contributed by atoms with Crippen LogP contribution in [0.3, 0.4) is 0 Å². The maximum absolute atomic E-state index is 12.8. The van der Waals surface area contributed by atoms with E-state index >= 15 is 0 Å². The van der Waals surface area contributed by atoms with Crippen LogP contribution in [0, 0.1) is 5.92 Å². The molecule has 0 aromatic heterocycles. The second-order valence-corrected chi connectivity index (χ2v) is 8.12. The van der Waals surface area contributed by atoms with Gasteiger partial charge < -0.3 is 19.9 Å². The zero-order valence-electron chi connectivity index (χ0n) is 17.6. The van der Waals surface area contributed by atoms with E-state index in [1.165, 1.54) is 18.5 Å². The van der Waals surface area contributed by atoms with Crippen molar-refractivity contribution in [1.29, 1.82) is 0 Å². The lowest BCUT2D eigenvalue weighted by atomic mass is 10.0. The normalized spacial score (nSPS) is 19.8. The van der Waals surface area contributed by atoms with Crippen molar-refractivity contribution >= 4 is 23.2 Å². The fraction of sp³-hybridized carbons (Fsp3) is 0.417. The number of carbonyl (C=O) groups excluding carboxylic acids is 2. The Morgan fingerprint density at radius 2 is 1.67 bits per heavy atom. The minimum Gasteiger partial charge on any atom is -0.497 e. The standard InChI is InChI=1S/C24H29N3O3/c1-17(18-5-11-22(30-2)12-6-18)25-24(29)19-15-23(28)27(16-19)21-9-7-20(8-10-21)26-13-3-4-14-26/h5-12,17,19H,3-4,13-16H2,1-2H3,(H,25,29). The van der Waals surface area contributed by atoms with Gasteiger partial charge in [-0.25, -0.2) is 0 Å². The molecule has 2 fully saturated rings. The molecule has 0 bridgehead atoms. The number of nitrogens with one attached hydrogen (secondary N) is 1. The van der Waals surface area contributed by atoms with Crippen LogP contribution in [-0.2, 0) is 9.59 Å². The van der Waals surface area contributed by atoms with Gasteiger partial charge in [-0.2, -0.15) is 0 Å². The molecule has 2 amide bonds. The van der Waals surface area contributed by atoms with Gasteiger partial charge in [0.1, 0.15) is 5.75 Å². The average Bonchev–Trinajstić information content (AvgIpc) is 3.44. The van der Waals surface area contributed by atoms with Gasteiger partial charge in [-0.05, 0) is 61.7 Å². The highest BCUT2D eigenvalue weighted by Crippen LogP contribution is 2.29. The number of nitrogens with zero attached hydrogens (tertiary/aromatic N) is 2. The van der Waals surface area contributed by atoms with Crippen molar-refractivity contribution in [3.8, 4) is 5.75 Å². The predicted octanol–water partition coefficient (Wildman–Crippen LogP) is 3.53. The van der Waals surface area contributed by atoms with Crippen molar-refractivity contribution in [2.24, 2.45) is 5.92 Å². The van der Waals surface area contributed by atoms with Gasteiger partial charge in [0.05, 0.1) is 19.1 Å². The highest BCUT2D eigenvalue weighted by Gasteiger charge is 2.35. The first kappa shape index (κ1) is 20.3. The van der Waals surface area contributed by atoms with Crippen molar-refractivity contribution in [2.75, 3.05) is 36.5 Å². The molecule has 2 saturated heterocycles. The molecular formula is C24H29N3O3. The third-order valence-corrected chi connectivity index (χ3v) is 6.10. The Hall–Kier alpha value is -3.02. The lowest BCUT2D eigenvalue weighted by Crippen LogP contribution is -2.34. The smallest absolute Gasteiger partial charge is 0.227 e. The summed E-state index contributed by atoms with van der Waals surface area (Å²) >= 11 is 0. The summed E-state index contributed by atoms with van der Waals surface area (Å²) in [4.78, 5) is 29.5. The van der Waals surface area contributed by atoms with Crippen molar-refractivity contribution in [3.05, 3.63) is 54.1 Å². The summed E-state index contributed by atoms with van der Waals surface area (Å²) in [6.07, 6.45) is 2.71. The molecule has 0 radical (unpaired) electrons. The first-order valence-electron chi connectivity index (χ1n) is 10.6. The molecule has 1 N–H and O–H groups in total. The van der Waals surface area contributed by atoms with Crippen LogP contribution in [0.4, 0.5) is 11.4 Å². The SMILES string of the molecule is COc1ccc(C(C)NC(=O)C2CC(=O)N(c3ccc(N4CCCC4)cc3)C2)cc1. The molecule has 6 heteroatoms. The monoisotopic (exact) mass is 407 g/mol. The van der Waals surface area contributed by atoms with E-state index in [1.54, 1.807) is 12.0 Å². The number of amides is 2. The van der Waals surface area contributed by atoms with E-state index < -0.39 is 0 Å². The lowest BCUT2D eigenvalue weighted by molar-refractivity contribution is -0.126. The van der Waals surface area contributed by atoms with Gasteiger partial charge in [0.2, 0.25) is 11.8 Å². The third kappa shape index (κ3) is 4.27. The molecule has 2 aromatic carbocycles. The number of anilines is 2. The number of carbonyl (C=O) groups is 2. The van der Waals surface area contributed by atoms with E-state index in [2.05, 4.69) is 22.3 Å². The fourth-order valence-electron chi connectivity index (χ4n) is 4.26. The summed E-state index contributed by atoms with van der Waals surface area (Å²) in [5.74, 6) is 0.366. The van der Waals surface area contributed by atoms with Crippen molar-refractivity contribution < 1.29 is 14.3 Å². The van der Waals surface area contributed by atoms with E-state index in [4.69, 9.17) is 4.74 Å². The van der Waals surface area contributed by atoms with Crippen LogP contribution in [0.5, 0.6) is 5.75 Å². The number of hydrogen-bond acceptors (Lipinski definition) is 4. The van der Waals surface area contributed by atoms with Gasteiger partial charge in [-0.3, -0.25) is 9.59 Å². The van der Waals surface area contributed by atoms with Gasteiger partial charge in [-0.1, -0.05) is 12.1 Å². The molecular weight excluding hydrogens is 378 g/mol. The molecule has 2 aliphatic rings. The van der Waals surface area contributed by atoms with Gasteiger partial charge in [0, 0.05) is 37.4 Å². The molecule has 2 aliphatic heterocycles. The number of methoxy groups -OCH3 is 1. The Balaban J connectivity index is 1.36. The molecule has 2 atom stereocenters. The lowest BCUT2D eigenvalue weighted by Gasteiger charge is -2.21. The summed E-state index contributed by atoms with van der Waals surface area (Å²) in [7, 11) is 1.63. The first-order valence-corrected chi connectivity index (χ1v) is 10.6. The fourth-order valence-corrected chi connectivity index (χ4v) is 4.26. The number of benzene rings is 2. The number of hydrogen-bond donors (Lipinski definition) is 1. The molecule has 158 valence electrons. The summed E-state index contributed by atoms with van der Waals surface area (Å²) < 4.78 is 5.18. The zero-order valence-corrected chi connectivity index (χ0v) is 17.6. The molecule has 30 heavy (non-hydrogen) atoms. The minimum absolute atomic E-state index is 0.00109. The molecule has 4 rings (SSSR count). The van der Waals surface area contributed by atoms with Crippen LogP contribution >= 0.6 is 0 Å². The first-order chi connectivity index (χ1) is 14.5. The van der Waals surface area contributed by atoms with Gasteiger partial charge >= 0.3 is 0 Å². The predicted molar refractivity (Wildman–Crippen MR) is 118 cm³/mol. The minimum atomic E-state index is -0.337. The van der Waals surface area contributed by atoms with E-state index in [9.17, 15) is 9.59 Å². The van der Waals surface area contributed by atoms with Crippen LogP contribution < -0.4 is 19.9 Å². The van der Waals surface area contributed by atoms with E-state index in [-0.39, 0.29) is 30.2 Å². The van der Waals surface area contributed by atoms with Crippen LogP contribution in [0.2, 0.25) is 0 Å². The van der Waals surface area contributed by atoms with E-state index in [1.807, 2.05) is 43.3 Å². The topological polar surface area (TPSA) is 61.9 Å². The molecule has 2 heterocycles. The number of ether oxygens (including phenoxy) is 1. The maximum Gasteiger partial charge on any atom is 0.227 e. The van der Waals surface area contributed by atoms with Crippen LogP contribution in [0.25, 0.3) is 0 Å². The average molecular weight is 408 g/mol. The van der Waals surface area contributed by atoms with Crippen molar-refractivity contribution in [3.63, 3.8) is 0 Å². The van der Waals surface area contributed by atoms with Gasteiger partial charge in [-0.15, -0.1) is 0 Å². The summed E-state index contributed by atoms with van der Waals surface area (Å²) in [6.45, 7) is 4.56. The molecule has 6 nitrogen and oxygen atoms in total. The van der Waals surface area contributed by atoms with Crippen LogP contribution in [0.15, 0.2) is 48.5 Å². The van der Waals surface area contributed by atoms with E-state index in [0.29, 0.717) is 6.54 Å². The molecule has 0 saturated carbocycles. The molecule has 2 aromatic rings. The second kappa shape index (κ2) is 8.78. The molecule has 2 unspecified atom stereocenters. The second-order valence-electron chi connectivity index (χ2n) is 8.12. The largest absolute Gasteiger partial charge is 0.497 e. The van der Waals surface area contributed by atoms with Crippen LogP contribution in [0.1, 0.15) is 37.8 Å². The summed E-state index contributed by atoms with van der Waals surface area (Å²) in [6, 6.07) is 15.6. The highest BCUT2D eigenvalue weighted by molar-refractivity contribution is 6.00. The Morgan fingerprint density at radius 3 is 2.30 bits per heavy atom. The Labute approximate surface area is 177 Å². The molecule has 0 spiro atoms. The quantitative estimate of drug-likeness (QED) is 0.796.